The molecule has 7 heteroatoms. The number of nitrogens with one attached hydrogen (secondary N) is 1. The molecule has 102 valence electrons. The molecule has 7 nitrogen and oxygen atoms in total. The number of anilines is 1. The Labute approximate surface area is 110 Å². The van der Waals surface area contributed by atoms with Gasteiger partial charge >= 0.3 is 5.97 Å². The van der Waals surface area contributed by atoms with Gasteiger partial charge in [-0.1, -0.05) is 11.6 Å². The average Bonchev–Trinajstić information content (AvgIpc) is 2.76. The lowest BCUT2D eigenvalue weighted by Gasteiger charge is -2.05. The van der Waals surface area contributed by atoms with E-state index in [2.05, 4.69) is 20.4 Å². The Morgan fingerprint density at radius 3 is 3.00 bits per heavy atom. The molecule has 0 aliphatic carbocycles. The maximum Gasteiger partial charge on any atom is 0.303 e. The first kappa shape index (κ1) is 13.3. The van der Waals surface area contributed by atoms with Gasteiger partial charge in [0.1, 0.15) is 17.5 Å². The van der Waals surface area contributed by atoms with Crippen LogP contribution in [-0.2, 0) is 4.79 Å². The standard InChI is InChI=1S/C12H16N4O3/c1-8-10-11(14-7-15-12(10)19-16-8)13-6-4-2-3-5-9(17)18/h7H,2-6H2,1H3,(H,17,18)(H,13,14,15). The fourth-order valence-electron chi connectivity index (χ4n) is 1.84. The van der Waals surface area contributed by atoms with Gasteiger partial charge in [-0.25, -0.2) is 4.98 Å². The fourth-order valence-corrected chi connectivity index (χ4v) is 1.84. The first-order valence-corrected chi connectivity index (χ1v) is 6.21. The van der Waals surface area contributed by atoms with Gasteiger partial charge in [0.2, 0.25) is 0 Å². The largest absolute Gasteiger partial charge is 0.481 e. The first-order chi connectivity index (χ1) is 9.18. The smallest absolute Gasteiger partial charge is 0.303 e. The second kappa shape index (κ2) is 6.12. The van der Waals surface area contributed by atoms with Gasteiger partial charge in [0.15, 0.2) is 0 Å². The number of carbonyl (C=O) groups is 1. The van der Waals surface area contributed by atoms with E-state index in [0.29, 0.717) is 18.0 Å². The van der Waals surface area contributed by atoms with Crippen LogP contribution in [0, 0.1) is 6.92 Å². The number of carboxylic acid groups (broad SMARTS) is 1. The molecule has 0 bridgehead atoms. The number of fused-ring (bicyclic) bond motifs is 1. The SMILES string of the molecule is Cc1noc2ncnc(NCCCCCC(=O)O)c12. The summed E-state index contributed by atoms with van der Waals surface area (Å²) in [4.78, 5) is 18.5. The lowest BCUT2D eigenvalue weighted by atomic mass is 10.2. The monoisotopic (exact) mass is 264 g/mol. The van der Waals surface area contributed by atoms with E-state index in [0.717, 1.165) is 30.5 Å². The topological polar surface area (TPSA) is 101 Å². The van der Waals surface area contributed by atoms with E-state index < -0.39 is 5.97 Å². The van der Waals surface area contributed by atoms with Crippen molar-refractivity contribution in [1.82, 2.24) is 15.1 Å². The molecule has 0 fully saturated rings. The number of hydrogen-bond acceptors (Lipinski definition) is 6. The van der Waals surface area contributed by atoms with Gasteiger partial charge in [-0.3, -0.25) is 4.79 Å². The van der Waals surface area contributed by atoms with Crippen molar-refractivity contribution >= 4 is 22.9 Å². The van der Waals surface area contributed by atoms with E-state index in [-0.39, 0.29) is 6.42 Å². The van der Waals surface area contributed by atoms with Gasteiger partial charge < -0.3 is 14.9 Å². The molecule has 2 N–H and O–H groups in total. The van der Waals surface area contributed by atoms with Gasteiger partial charge in [-0.15, -0.1) is 0 Å². The number of carboxylic acids is 1. The third-order valence-corrected chi connectivity index (χ3v) is 2.80. The Morgan fingerprint density at radius 2 is 2.21 bits per heavy atom. The lowest BCUT2D eigenvalue weighted by molar-refractivity contribution is -0.137. The second-order valence-electron chi connectivity index (χ2n) is 4.30. The van der Waals surface area contributed by atoms with Crippen molar-refractivity contribution < 1.29 is 14.4 Å². The van der Waals surface area contributed by atoms with Gasteiger partial charge in [-0.2, -0.15) is 4.98 Å². The molecule has 19 heavy (non-hydrogen) atoms. The highest BCUT2D eigenvalue weighted by Gasteiger charge is 2.11. The van der Waals surface area contributed by atoms with Crippen molar-refractivity contribution in [1.29, 1.82) is 0 Å². The van der Waals surface area contributed by atoms with Crippen LogP contribution in [0.4, 0.5) is 5.82 Å². The van der Waals surface area contributed by atoms with Crippen molar-refractivity contribution in [3.63, 3.8) is 0 Å². The van der Waals surface area contributed by atoms with Crippen LogP contribution >= 0.6 is 0 Å². The molecule has 2 aromatic rings. The van der Waals surface area contributed by atoms with E-state index in [1.165, 1.54) is 6.33 Å². The van der Waals surface area contributed by atoms with Crippen LogP contribution in [0.1, 0.15) is 31.4 Å². The van der Waals surface area contributed by atoms with Crippen LogP contribution in [0.15, 0.2) is 10.9 Å². The molecule has 0 spiro atoms. The van der Waals surface area contributed by atoms with Crippen molar-refractivity contribution in [2.24, 2.45) is 0 Å². The molecule has 0 aliphatic heterocycles. The molecule has 0 aromatic carbocycles. The summed E-state index contributed by atoms with van der Waals surface area (Å²) in [5.41, 5.74) is 1.23. The number of aromatic nitrogens is 3. The van der Waals surface area contributed by atoms with E-state index >= 15 is 0 Å². The Kier molecular flexibility index (Phi) is 4.27. The van der Waals surface area contributed by atoms with E-state index in [1.807, 2.05) is 6.92 Å². The van der Waals surface area contributed by atoms with E-state index in [4.69, 9.17) is 9.63 Å². The predicted octanol–water partition coefficient (Wildman–Crippen LogP) is 1.98. The minimum Gasteiger partial charge on any atom is -0.481 e. The number of aryl methyl sites for hydroxylation is 1. The first-order valence-electron chi connectivity index (χ1n) is 6.21. The van der Waals surface area contributed by atoms with Gasteiger partial charge in [0, 0.05) is 13.0 Å². The number of hydrogen-bond donors (Lipinski definition) is 2. The summed E-state index contributed by atoms with van der Waals surface area (Å²) in [6.45, 7) is 2.57. The van der Waals surface area contributed by atoms with E-state index in [1.54, 1.807) is 0 Å². The van der Waals surface area contributed by atoms with Crippen LogP contribution in [-0.4, -0.2) is 32.7 Å². The summed E-state index contributed by atoms with van der Waals surface area (Å²) >= 11 is 0. The lowest BCUT2D eigenvalue weighted by Crippen LogP contribution is -2.04. The second-order valence-corrected chi connectivity index (χ2v) is 4.30. The molecular weight excluding hydrogens is 248 g/mol. The summed E-state index contributed by atoms with van der Waals surface area (Å²) in [6.07, 6.45) is 4.12. The van der Waals surface area contributed by atoms with Gasteiger partial charge in [0.05, 0.1) is 5.69 Å². The summed E-state index contributed by atoms with van der Waals surface area (Å²) in [6, 6.07) is 0. The van der Waals surface area contributed by atoms with E-state index in [9.17, 15) is 4.79 Å². The minimum absolute atomic E-state index is 0.225. The Morgan fingerprint density at radius 1 is 1.37 bits per heavy atom. The molecule has 0 saturated heterocycles. The maximum atomic E-state index is 10.4. The quantitative estimate of drug-likeness (QED) is 0.737. The molecule has 2 rings (SSSR count). The summed E-state index contributed by atoms with van der Waals surface area (Å²) in [7, 11) is 0. The Hall–Kier alpha value is -2.18. The molecular formula is C12H16N4O3. The molecule has 0 unspecified atom stereocenters. The average molecular weight is 264 g/mol. The van der Waals surface area contributed by atoms with Crippen molar-refractivity contribution in [2.45, 2.75) is 32.6 Å². The zero-order valence-corrected chi connectivity index (χ0v) is 10.7. The van der Waals surface area contributed by atoms with Crippen molar-refractivity contribution in [2.75, 3.05) is 11.9 Å². The molecule has 0 atom stereocenters. The molecule has 0 radical (unpaired) electrons. The summed E-state index contributed by atoms with van der Waals surface area (Å²) in [5.74, 6) is -0.0347. The van der Waals surface area contributed by atoms with Gasteiger partial charge in [0.25, 0.3) is 5.71 Å². The zero-order valence-electron chi connectivity index (χ0n) is 10.7. The highest BCUT2D eigenvalue weighted by molar-refractivity contribution is 5.87. The molecule has 0 aliphatic rings. The van der Waals surface area contributed by atoms with Gasteiger partial charge in [-0.05, 0) is 19.8 Å². The zero-order chi connectivity index (χ0) is 13.7. The highest BCUT2D eigenvalue weighted by atomic mass is 16.5. The van der Waals surface area contributed by atoms with Crippen LogP contribution in [0.25, 0.3) is 11.1 Å². The highest BCUT2D eigenvalue weighted by Crippen LogP contribution is 2.22. The van der Waals surface area contributed by atoms with Crippen molar-refractivity contribution in [3.8, 4) is 0 Å². The fraction of sp³-hybridized carbons (Fsp3) is 0.500. The van der Waals surface area contributed by atoms with Crippen molar-refractivity contribution in [3.05, 3.63) is 12.0 Å². The molecule has 0 saturated carbocycles. The number of rotatable bonds is 7. The van der Waals surface area contributed by atoms with Crippen LogP contribution in [0.5, 0.6) is 0 Å². The van der Waals surface area contributed by atoms with Crippen LogP contribution in [0.2, 0.25) is 0 Å². The Balaban J connectivity index is 1.85. The normalized spacial score (nSPS) is 10.8. The number of unbranched alkanes of at least 4 members (excludes halogenated alkanes) is 2. The molecule has 0 amide bonds. The molecule has 2 heterocycles. The number of aliphatic carboxylic acids is 1. The molecule has 2 aromatic heterocycles. The maximum absolute atomic E-state index is 10.4. The third-order valence-electron chi connectivity index (χ3n) is 2.80. The Bertz CT molecular complexity index is 567. The van der Waals surface area contributed by atoms with Crippen LogP contribution in [0.3, 0.4) is 0 Å². The predicted molar refractivity (Wildman–Crippen MR) is 68.9 cm³/mol. The third kappa shape index (κ3) is 3.40. The summed E-state index contributed by atoms with van der Waals surface area (Å²) in [5, 5.41) is 16.4. The number of nitrogens with zero attached hydrogens (tertiary/aromatic N) is 3. The summed E-state index contributed by atoms with van der Waals surface area (Å²) < 4.78 is 5.05. The minimum atomic E-state index is -0.745. The van der Waals surface area contributed by atoms with Crippen LogP contribution < -0.4 is 5.32 Å².